The highest BCUT2D eigenvalue weighted by Gasteiger charge is 2.27. The van der Waals surface area contributed by atoms with E-state index in [2.05, 4.69) is 5.32 Å². The monoisotopic (exact) mass is 402 g/mol. The Kier molecular flexibility index (Phi) is 6.24. The number of methoxy groups -OCH3 is 1. The number of hydrogen-bond acceptors (Lipinski definition) is 4. The van der Waals surface area contributed by atoms with Crippen LogP contribution in [-0.2, 0) is 16.4 Å². The highest BCUT2D eigenvalue weighted by molar-refractivity contribution is 7.92. The summed E-state index contributed by atoms with van der Waals surface area (Å²) in [5.41, 5.74) is 3.00. The van der Waals surface area contributed by atoms with E-state index >= 15 is 0 Å². The van der Waals surface area contributed by atoms with Gasteiger partial charge in [-0.25, -0.2) is 8.42 Å². The average molecular weight is 403 g/mol. The molecule has 3 rings (SSSR count). The number of carbonyl (C=O) groups excluding carboxylic acids is 1. The van der Waals surface area contributed by atoms with Gasteiger partial charge in [-0.2, -0.15) is 0 Å². The molecule has 2 aromatic carbocycles. The molecule has 1 amide bonds. The normalized spacial score (nSPS) is 15.9. The van der Waals surface area contributed by atoms with Crippen LogP contribution in [0.25, 0.3) is 0 Å². The van der Waals surface area contributed by atoms with Crippen molar-refractivity contribution in [1.82, 2.24) is 5.32 Å². The number of carbonyl (C=O) groups is 1. The highest BCUT2D eigenvalue weighted by Crippen LogP contribution is 2.27. The van der Waals surface area contributed by atoms with Crippen LogP contribution in [-0.4, -0.2) is 40.3 Å². The summed E-state index contributed by atoms with van der Waals surface area (Å²) in [5, 5.41) is 2.91. The van der Waals surface area contributed by atoms with Gasteiger partial charge in [0.2, 0.25) is 10.0 Å². The van der Waals surface area contributed by atoms with Crippen molar-refractivity contribution in [1.29, 1.82) is 0 Å². The van der Waals surface area contributed by atoms with E-state index in [0.29, 0.717) is 37.2 Å². The van der Waals surface area contributed by atoms with Crippen molar-refractivity contribution >= 4 is 21.6 Å². The van der Waals surface area contributed by atoms with Crippen molar-refractivity contribution in [2.45, 2.75) is 26.2 Å². The maximum absolute atomic E-state index is 12.5. The van der Waals surface area contributed by atoms with Crippen LogP contribution in [0.15, 0.2) is 42.5 Å². The van der Waals surface area contributed by atoms with Crippen LogP contribution in [0.1, 0.15) is 34.3 Å². The molecule has 1 heterocycles. The molecule has 28 heavy (non-hydrogen) atoms. The Morgan fingerprint density at radius 3 is 2.68 bits per heavy atom. The number of nitrogens with one attached hydrogen (secondary N) is 1. The van der Waals surface area contributed by atoms with Crippen LogP contribution in [0.3, 0.4) is 0 Å². The molecule has 1 fully saturated rings. The van der Waals surface area contributed by atoms with Gasteiger partial charge in [0, 0.05) is 18.7 Å². The van der Waals surface area contributed by atoms with Gasteiger partial charge in [0.1, 0.15) is 5.75 Å². The predicted molar refractivity (Wildman–Crippen MR) is 111 cm³/mol. The number of anilines is 1. The summed E-state index contributed by atoms with van der Waals surface area (Å²) in [6, 6.07) is 12.9. The third-order valence-corrected chi connectivity index (χ3v) is 6.80. The molecule has 0 aromatic heterocycles. The van der Waals surface area contributed by atoms with Gasteiger partial charge in [0.05, 0.1) is 18.6 Å². The number of benzene rings is 2. The van der Waals surface area contributed by atoms with Gasteiger partial charge in [0.25, 0.3) is 5.91 Å². The molecule has 6 nitrogen and oxygen atoms in total. The van der Waals surface area contributed by atoms with Gasteiger partial charge < -0.3 is 10.1 Å². The van der Waals surface area contributed by atoms with Crippen molar-refractivity contribution < 1.29 is 17.9 Å². The molecular formula is C21H26N2O4S. The minimum Gasteiger partial charge on any atom is -0.496 e. The van der Waals surface area contributed by atoms with Gasteiger partial charge in [0.15, 0.2) is 0 Å². The van der Waals surface area contributed by atoms with Gasteiger partial charge in [-0.3, -0.25) is 9.10 Å². The maximum atomic E-state index is 12.5. The smallest absolute Gasteiger partial charge is 0.251 e. The second-order valence-corrected chi connectivity index (χ2v) is 8.93. The van der Waals surface area contributed by atoms with E-state index in [1.54, 1.807) is 25.3 Å². The van der Waals surface area contributed by atoms with Crippen molar-refractivity contribution in [3.63, 3.8) is 0 Å². The Hall–Kier alpha value is -2.54. The summed E-state index contributed by atoms with van der Waals surface area (Å²) < 4.78 is 31.4. The zero-order chi connectivity index (χ0) is 20.1. The molecule has 0 atom stereocenters. The average Bonchev–Trinajstić information content (AvgIpc) is 2.68. The molecule has 0 saturated carbocycles. The first kappa shape index (κ1) is 20.2. The molecular weight excluding hydrogens is 376 g/mol. The second kappa shape index (κ2) is 8.65. The van der Waals surface area contributed by atoms with E-state index in [-0.39, 0.29) is 11.7 Å². The lowest BCUT2D eigenvalue weighted by atomic mass is 10.1. The number of amides is 1. The summed E-state index contributed by atoms with van der Waals surface area (Å²) in [6.45, 7) is 2.82. The predicted octanol–water partition coefficient (Wildman–Crippen LogP) is 2.91. The number of rotatable bonds is 6. The summed E-state index contributed by atoms with van der Waals surface area (Å²) in [5.74, 6) is 0.809. The number of hydrogen-bond donors (Lipinski definition) is 1. The lowest BCUT2D eigenvalue weighted by Gasteiger charge is -2.29. The fourth-order valence-corrected chi connectivity index (χ4v) is 5.16. The SMILES string of the molecule is COc1ccccc1CCNC(=O)c1ccc(N2CCCCS2(=O)=O)c(C)c1. The Morgan fingerprint density at radius 1 is 1.18 bits per heavy atom. The van der Waals surface area contributed by atoms with E-state index in [0.717, 1.165) is 23.3 Å². The molecule has 0 spiro atoms. The van der Waals surface area contributed by atoms with Gasteiger partial charge in [-0.05, 0) is 61.6 Å². The Labute approximate surface area is 166 Å². The van der Waals surface area contributed by atoms with Crippen LogP contribution in [0.4, 0.5) is 5.69 Å². The first-order valence-corrected chi connectivity index (χ1v) is 11.0. The zero-order valence-corrected chi connectivity index (χ0v) is 17.1. The Morgan fingerprint density at radius 2 is 1.96 bits per heavy atom. The van der Waals surface area contributed by atoms with Crippen LogP contribution < -0.4 is 14.4 Å². The van der Waals surface area contributed by atoms with Gasteiger partial charge in [-0.1, -0.05) is 18.2 Å². The summed E-state index contributed by atoms with van der Waals surface area (Å²) in [4.78, 5) is 12.5. The number of nitrogens with zero attached hydrogens (tertiary/aromatic N) is 1. The molecule has 0 bridgehead atoms. The lowest BCUT2D eigenvalue weighted by Crippen LogP contribution is -2.38. The molecule has 7 heteroatoms. The fourth-order valence-electron chi connectivity index (χ4n) is 3.46. The molecule has 2 aromatic rings. The minimum absolute atomic E-state index is 0.175. The number of ether oxygens (including phenoxy) is 1. The molecule has 0 radical (unpaired) electrons. The summed E-state index contributed by atoms with van der Waals surface area (Å²) in [6.07, 6.45) is 2.22. The van der Waals surface area contributed by atoms with Crippen molar-refractivity contribution in [3.05, 3.63) is 59.2 Å². The fraction of sp³-hybridized carbons (Fsp3) is 0.381. The Balaban J connectivity index is 1.65. The maximum Gasteiger partial charge on any atom is 0.251 e. The quantitative estimate of drug-likeness (QED) is 0.806. The molecule has 150 valence electrons. The number of sulfonamides is 1. The third kappa shape index (κ3) is 4.47. The molecule has 0 aliphatic carbocycles. The Bertz CT molecular complexity index is 957. The lowest BCUT2D eigenvalue weighted by molar-refractivity contribution is 0.0954. The van der Waals surface area contributed by atoms with Crippen LogP contribution in [0.5, 0.6) is 5.75 Å². The number of aryl methyl sites for hydroxylation is 1. The molecule has 1 aliphatic rings. The summed E-state index contributed by atoms with van der Waals surface area (Å²) >= 11 is 0. The zero-order valence-electron chi connectivity index (χ0n) is 16.3. The van der Waals surface area contributed by atoms with Gasteiger partial charge >= 0.3 is 0 Å². The topological polar surface area (TPSA) is 75.7 Å². The second-order valence-electron chi connectivity index (χ2n) is 6.91. The molecule has 0 unspecified atom stereocenters. The summed E-state index contributed by atoms with van der Waals surface area (Å²) in [7, 11) is -1.63. The minimum atomic E-state index is -3.26. The first-order valence-electron chi connectivity index (χ1n) is 9.43. The number of para-hydroxylation sites is 1. The van der Waals surface area contributed by atoms with E-state index in [1.165, 1.54) is 4.31 Å². The largest absolute Gasteiger partial charge is 0.496 e. The molecule has 1 N–H and O–H groups in total. The van der Waals surface area contributed by atoms with E-state index < -0.39 is 10.0 Å². The van der Waals surface area contributed by atoms with Crippen LogP contribution in [0.2, 0.25) is 0 Å². The van der Waals surface area contributed by atoms with Crippen molar-refractivity contribution in [2.24, 2.45) is 0 Å². The van der Waals surface area contributed by atoms with E-state index in [1.807, 2.05) is 31.2 Å². The van der Waals surface area contributed by atoms with Crippen LogP contribution >= 0.6 is 0 Å². The highest BCUT2D eigenvalue weighted by atomic mass is 32.2. The van der Waals surface area contributed by atoms with Crippen LogP contribution in [0, 0.1) is 6.92 Å². The standard InChI is InChI=1S/C21H26N2O4S/c1-16-15-18(9-10-19(16)23-13-5-6-14-28(23,25)26)21(24)22-12-11-17-7-3-4-8-20(17)27-2/h3-4,7-10,15H,5-6,11-14H2,1-2H3,(H,22,24). The third-order valence-electron chi connectivity index (χ3n) is 4.95. The first-order chi connectivity index (χ1) is 13.4. The van der Waals surface area contributed by atoms with Crippen molar-refractivity contribution in [2.75, 3.05) is 30.3 Å². The van der Waals surface area contributed by atoms with Gasteiger partial charge in [-0.15, -0.1) is 0 Å². The molecule has 1 aliphatic heterocycles. The van der Waals surface area contributed by atoms with E-state index in [4.69, 9.17) is 4.74 Å². The van der Waals surface area contributed by atoms with E-state index in [9.17, 15) is 13.2 Å². The van der Waals surface area contributed by atoms with Crippen molar-refractivity contribution in [3.8, 4) is 5.75 Å². The molecule has 1 saturated heterocycles.